The Morgan fingerprint density at radius 2 is 2.11 bits per heavy atom. The molecule has 0 amide bonds. The van der Waals surface area contributed by atoms with Crippen LogP contribution in [0.3, 0.4) is 0 Å². The van der Waals surface area contributed by atoms with Gasteiger partial charge in [0, 0.05) is 18.7 Å². The highest BCUT2D eigenvalue weighted by molar-refractivity contribution is 5.27. The molecule has 1 aromatic rings. The maximum atomic E-state index is 12.7. The van der Waals surface area contributed by atoms with Gasteiger partial charge in [-0.1, -0.05) is 12.1 Å². The number of nitrogens with one attached hydrogen (secondary N) is 1. The van der Waals surface area contributed by atoms with Gasteiger partial charge in [0.25, 0.3) is 0 Å². The largest absolute Gasteiger partial charge is 0.416 e. The summed E-state index contributed by atoms with van der Waals surface area (Å²) in [6, 6.07) is 5.54. The third-order valence-corrected chi connectivity index (χ3v) is 3.55. The Hall–Kier alpha value is -1.07. The van der Waals surface area contributed by atoms with Crippen molar-refractivity contribution in [2.45, 2.75) is 44.6 Å². The Morgan fingerprint density at radius 1 is 1.37 bits per heavy atom. The van der Waals surface area contributed by atoms with Gasteiger partial charge in [-0.15, -0.1) is 0 Å². The first kappa shape index (κ1) is 14.3. The highest BCUT2D eigenvalue weighted by Crippen LogP contribution is 2.31. The predicted molar refractivity (Wildman–Crippen MR) is 66.8 cm³/mol. The van der Waals surface area contributed by atoms with Crippen molar-refractivity contribution in [3.8, 4) is 0 Å². The van der Waals surface area contributed by atoms with E-state index in [9.17, 15) is 13.2 Å². The molecule has 0 aliphatic carbocycles. The van der Waals surface area contributed by atoms with Gasteiger partial charge in [-0.05, 0) is 38.0 Å². The Bertz CT molecular complexity index is 433. The van der Waals surface area contributed by atoms with Crippen molar-refractivity contribution < 1.29 is 17.9 Å². The van der Waals surface area contributed by atoms with Crippen LogP contribution >= 0.6 is 0 Å². The Kier molecular flexibility index (Phi) is 4.16. The van der Waals surface area contributed by atoms with E-state index >= 15 is 0 Å². The zero-order valence-electron chi connectivity index (χ0n) is 11.0. The van der Waals surface area contributed by atoms with Gasteiger partial charge in [-0.3, -0.25) is 0 Å². The van der Waals surface area contributed by atoms with Crippen LogP contribution in [0.5, 0.6) is 0 Å². The summed E-state index contributed by atoms with van der Waals surface area (Å²) in [7, 11) is 0. The molecule has 106 valence electrons. The first-order valence-electron chi connectivity index (χ1n) is 6.42. The van der Waals surface area contributed by atoms with Crippen molar-refractivity contribution in [3.63, 3.8) is 0 Å². The summed E-state index contributed by atoms with van der Waals surface area (Å²) >= 11 is 0. The van der Waals surface area contributed by atoms with E-state index in [0.717, 1.165) is 12.5 Å². The maximum Gasteiger partial charge on any atom is 0.416 e. The minimum Gasteiger partial charge on any atom is -0.377 e. The number of hydrogen-bond donors (Lipinski definition) is 1. The summed E-state index contributed by atoms with van der Waals surface area (Å²) in [5, 5.41) is 3.33. The predicted octanol–water partition coefficient (Wildman–Crippen LogP) is 3.53. The molecule has 1 N–H and O–H groups in total. The molecule has 0 aromatic heterocycles. The molecule has 1 heterocycles. The molecule has 0 radical (unpaired) electrons. The quantitative estimate of drug-likeness (QED) is 0.909. The molecule has 1 saturated heterocycles. The summed E-state index contributed by atoms with van der Waals surface area (Å²) in [6.45, 7) is 4.55. The van der Waals surface area contributed by atoms with Gasteiger partial charge in [0.05, 0.1) is 11.7 Å². The van der Waals surface area contributed by atoms with Gasteiger partial charge < -0.3 is 10.1 Å². The van der Waals surface area contributed by atoms with Crippen LogP contribution in [0.15, 0.2) is 24.3 Å². The Balaban J connectivity index is 2.08. The van der Waals surface area contributed by atoms with Gasteiger partial charge in [0.15, 0.2) is 0 Å². The second-order valence-corrected chi connectivity index (χ2v) is 4.98. The van der Waals surface area contributed by atoms with Gasteiger partial charge in [0.2, 0.25) is 0 Å². The average molecular weight is 273 g/mol. The van der Waals surface area contributed by atoms with Crippen molar-refractivity contribution in [2.75, 3.05) is 6.61 Å². The lowest BCUT2D eigenvalue weighted by Gasteiger charge is -2.22. The van der Waals surface area contributed by atoms with Crippen molar-refractivity contribution in [1.82, 2.24) is 5.32 Å². The molecule has 3 unspecified atom stereocenters. The van der Waals surface area contributed by atoms with Gasteiger partial charge in [-0.25, -0.2) is 0 Å². The molecule has 0 saturated carbocycles. The summed E-state index contributed by atoms with van der Waals surface area (Å²) in [5.41, 5.74) is 0.0447. The van der Waals surface area contributed by atoms with E-state index in [0.29, 0.717) is 12.2 Å². The van der Waals surface area contributed by atoms with E-state index in [-0.39, 0.29) is 18.2 Å². The van der Waals surface area contributed by atoms with Crippen molar-refractivity contribution in [3.05, 3.63) is 35.4 Å². The maximum absolute atomic E-state index is 12.7. The number of hydrogen-bond acceptors (Lipinski definition) is 2. The van der Waals surface area contributed by atoms with Crippen LogP contribution in [-0.4, -0.2) is 18.8 Å². The van der Waals surface area contributed by atoms with E-state index in [1.807, 2.05) is 13.8 Å². The average Bonchev–Trinajstić information content (AvgIpc) is 2.74. The fourth-order valence-electron chi connectivity index (χ4n) is 2.35. The number of benzene rings is 1. The van der Waals surface area contributed by atoms with Crippen LogP contribution in [0.2, 0.25) is 0 Å². The minimum atomic E-state index is -4.29. The molecular formula is C14H18F3NO. The summed E-state index contributed by atoms with van der Waals surface area (Å²) in [6.07, 6.45) is -3.29. The molecule has 0 spiro atoms. The van der Waals surface area contributed by atoms with Crippen LogP contribution in [0, 0.1) is 0 Å². The second kappa shape index (κ2) is 5.51. The highest BCUT2D eigenvalue weighted by atomic mass is 19.4. The van der Waals surface area contributed by atoms with E-state index in [4.69, 9.17) is 4.74 Å². The molecule has 1 aliphatic heterocycles. The number of halogens is 3. The van der Waals surface area contributed by atoms with E-state index in [1.165, 1.54) is 12.1 Å². The molecule has 2 rings (SSSR count). The topological polar surface area (TPSA) is 21.3 Å². The first-order chi connectivity index (χ1) is 8.88. The Labute approximate surface area is 111 Å². The highest BCUT2D eigenvalue weighted by Gasteiger charge is 2.31. The van der Waals surface area contributed by atoms with Crippen LogP contribution < -0.4 is 5.32 Å². The standard InChI is InChI=1S/C14H18F3NO/c1-9(18-13-6-7-19-10(13)2)11-4-3-5-12(8-11)14(15,16)17/h3-5,8-10,13,18H,6-7H2,1-2H3. The summed E-state index contributed by atoms with van der Waals surface area (Å²) in [5.74, 6) is 0. The molecule has 3 atom stereocenters. The molecule has 1 fully saturated rings. The third kappa shape index (κ3) is 3.48. The third-order valence-electron chi connectivity index (χ3n) is 3.55. The minimum absolute atomic E-state index is 0.105. The Morgan fingerprint density at radius 3 is 2.68 bits per heavy atom. The van der Waals surface area contributed by atoms with Crippen molar-refractivity contribution >= 4 is 0 Å². The number of rotatable bonds is 3. The molecular weight excluding hydrogens is 255 g/mol. The lowest BCUT2D eigenvalue weighted by atomic mass is 10.0. The SMILES string of the molecule is CC(NC1CCOC1C)c1cccc(C(F)(F)F)c1. The molecule has 5 heteroatoms. The van der Waals surface area contributed by atoms with Crippen LogP contribution in [0.4, 0.5) is 13.2 Å². The lowest BCUT2D eigenvalue weighted by molar-refractivity contribution is -0.137. The van der Waals surface area contributed by atoms with Crippen LogP contribution in [0.1, 0.15) is 37.4 Å². The fourth-order valence-corrected chi connectivity index (χ4v) is 2.35. The summed E-state index contributed by atoms with van der Waals surface area (Å²) < 4.78 is 43.4. The fraction of sp³-hybridized carbons (Fsp3) is 0.571. The van der Waals surface area contributed by atoms with E-state index in [2.05, 4.69) is 5.32 Å². The summed E-state index contributed by atoms with van der Waals surface area (Å²) in [4.78, 5) is 0. The van der Waals surface area contributed by atoms with Gasteiger partial charge in [-0.2, -0.15) is 13.2 Å². The van der Waals surface area contributed by atoms with Crippen LogP contribution in [-0.2, 0) is 10.9 Å². The monoisotopic (exact) mass is 273 g/mol. The van der Waals surface area contributed by atoms with E-state index in [1.54, 1.807) is 6.07 Å². The number of ether oxygens (including phenoxy) is 1. The van der Waals surface area contributed by atoms with Gasteiger partial charge >= 0.3 is 6.18 Å². The van der Waals surface area contributed by atoms with Crippen molar-refractivity contribution in [2.24, 2.45) is 0 Å². The number of alkyl halides is 3. The van der Waals surface area contributed by atoms with E-state index < -0.39 is 11.7 Å². The van der Waals surface area contributed by atoms with Crippen LogP contribution in [0.25, 0.3) is 0 Å². The first-order valence-corrected chi connectivity index (χ1v) is 6.42. The molecule has 0 bridgehead atoms. The normalized spacial score (nSPS) is 25.5. The van der Waals surface area contributed by atoms with Gasteiger partial charge in [0.1, 0.15) is 0 Å². The lowest BCUT2D eigenvalue weighted by Crippen LogP contribution is -2.36. The zero-order valence-corrected chi connectivity index (χ0v) is 11.0. The second-order valence-electron chi connectivity index (χ2n) is 4.98. The molecule has 1 aliphatic rings. The van der Waals surface area contributed by atoms with Crippen molar-refractivity contribution in [1.29, 1.82) is 0 Å². The smallest absolute Gasteiger partial charge is 0.377 e. The molecule has 19 heavy (non-hydrogen) atoms. The molecule has 1 aromatic carbocycles. The molecule has 2 nitrogen and oxygen atoms in total. The zero-order chi connectivity index (χ0) is 14.0.